The average molecular weight is 251 g/mol. The van der Waals surface area contributed by atoms with Crippen molar-refractivity contribution in [3.05, 3.63) is 59.9 Å². The number of likely N-dealkylation sites (N-methyl/N-ethyl adjacent to an activating group) is 1. The first kappa shape index (κ1) is 13.1. The molecule has 2 rings (SSSR count). The molecular weight excluding hydrogens is 234 g/mol. The highest BCUT2D eigenvalue weighted by molar-refractivity contribution is 5.47. The van der Waals surface area contributed by atoms with E-state index in [0.29, 0.717) is 6.42 Å². The van der Waals surface area contributed by atoms with Crippen LogP contribution in [0.5, 0.6) is 0 Å². The Kier molecular flexibility index (Phi) is 4.52. The lowest BCUT2D eigenvalue weighted by Gasteiger charge is -2.19. The number of hydrogen-bond donors (Lipinski definition) is 0. The van der Waals surface area contributed by atoms with Crippen LogP contribution in [0.15, 0.2) is 48.8 Å². The Hall–Kier alpha value is -2.34. The van der Waals surface area contributed by atoms with Gasteiger partial charge in [0.25, 0.3) is 0 Å². The van der Waals surface area contributed by atoms with Gasteiger partial charge in [0.15, 0.2) is 0 Å². The van der Waals surface area contributed by atoms with Crippen molar-refractivity contribution < 1.29 is 0 Å². The van der Waals surface area contributed by atoms with Gasteiger partial charge in [-0.25, -0.2) is 0 Å². The van der Waals surface area contributed by atoms with Crippen LogP contribution < -0.4 is 4.90 Å². The average Bonchev–Trinajstić information content (AvgIpc) is 2.47. The fourth-order valence-corrected chi connectivity index (χ4v) is 1.93. The zero-order valence-electron chi connectivity index (χ0n) is 11.1. The lowest BCUT2D eigenvalue weighted by Crippen LogP contribution is -2.20. The van der Waals surface area contributed by atoms with Gasteiger partial charge in [0.1, 0.15) is 0 Å². The van der Waals surface area contributed by atoms with Crippen molar-refractivity contribution >= 4 is 5.69 Å². The third kappa shape index (κ3) is 3.82. The van der Waals surface area contributed by atoms with Gasteiger partial charge >= 0.3 is 0 Å². The third-order valence-electron chi connectivity index (χ3n) is 3.15. The van der Waals surface area contributed by atoms with Gasteiger partial charge in [0, 0.05) is 31.7 Å². The summed E-state index contributed by atoms with van der Waals surface area (Å²) in [7, 11) is 2.08. The van der Waals surface area contributed by atoms with Gasteiger partial charge in [0.05, 0.1) is 12.5 Å². The Bertz CT molecular complexity index is 540. The Morgan fingerprint density at radius 2 is 1.74 bits per heavy atom. The Morgan fingerprint density at radius 1 is 1.05 bits per heavy atom. The number of pyridine rings is 1. The van der Waals surface area contributed by atoms with E-state index in [0.717, 1.165) is 18.5 Å². The van der Waals surface area contributed by atoms with E-state index in [2.05, 4.69) is 35.1 Å². The SMILES string of the molecule is CN(CCc1ccncc1)c1ccc(CC#N)cc1. The van der Waals surface area contributed by atoms with Gasteiger partial charge in [-0.2, -0.15) is 5.26 Å². The van der Waals surface area contributed by atoms with Crippen LogP contribution in [-0.2, 0) is 12.8 Å². The number of aromatic nitrogens is 1. The van der Waals surface area contributed by atoms with Gasteiger partial charge in [-0.05, 0) is 41.8 Å². The monoisotopic (exact) mass is 251 g/mol. The zero-order chi connectivity index (χ0) is 13.5. The van der Waals surface area contributed by atoms with Gasteiger partial charge in [-0.1, -0.05) is 12.1 Å². The summed E-state index contributed by atoms with van der Waals surface area (Å²) in [5, 5.41) is 8.64. The van der Waals surface area contributed by atoms with Gasteiger partial charge in [-0.3, -0.25) is 4.98 Å². The van der Waals surface area contributed by atoms with Crippen molar-refractivity contribution in [3.8, 4) is 6.07 Å². The second-order valence-corrected chi connectivity index (χ2v) is 4.53. The van der Waals surface area contributed by atoms with Crippen molar-refractivity contribution in [1.29, 1.82) is 5.26 Å². The quantitative estimate of drug-likeness (QED) is 0.820. The van der Waals surface area contributed by atoms with E-state index < -0.39 is 0 Å². The zero-order valence-corrected chi connectivity index (χ0v) is 11.1. The van der Waals surface area contributed by atoms with Crippen LogP contribution in [0.3, 0.4) is 0 Å². The summed E-state index contributed by atoms with van der Waals surface area (Å²) in [6.45, 7) is 0.960. The largest absolute Gasteiger partial charge is 0.374 e. The standard InChI is InChI=1S/C16H17N3/c1-19(13-9-15-7-11-18-12-8-15)16-4-2-14(3-5-16)6-10-17/h2-5,7-8,11-12H,6,9,13H2,1H3. The molecule has 0 spiro atoms. The van der Waals surface area contributed by atoms with Crippen LogP contribution in [0.2, 0.25) is 0 Å². The molecule has 96 valence electrons. The fraction of sp³-hybridized carbons (Fsp3) is 0.250. The van der Waals surface area contributed by atoms with E-state index in [4.69, 9.17) is 5.26 Å². The number of nitrogens with zero attached hydrogens (tertiary/aromatic N) is 3. The first-order valence-corrected chi connectivity index (χ1v) is 6.35. The third-order valence-corrected chi connectivity index (χ3v) is 3.15. The minimum Gasteiger partial charge on any atom is -0.374 e. The van der Waals surface area contributed by atoms with E-state index in [-0.39, 0.29) is 0 Å². The van der Waals surface area contributed by atoms with Gasteiger partial charge in [-0.15, -0.1) is 0 Å². The molecule has 0 radical (unpaired) electrons. The Morgan fingerprint density at radius 3 is 2.37 bits per heavy atom. The molecule has 0 saturated carbocycles. The number of rotatable bonds is 5. The molecule has 0 amide bonds. The topological polar surface area (TPSA) is 39.9 Å². The molecule has 0 fully saturated rings. The molecule has 19 heavy (non-hydrogen) atoms. The molecule has 0 saturated heterocycles. The second-order valence-electron chi connectivity index (χ2n) is 4.53. The van der Waals surface area contributed by atoms with Crippen molar-refractivity contribution in [2.24, 2.45) is 0 Å². The Balaban J connectivity index is 1.93. The molecule has 1 aromatic carbocycles. The molecule has 3 heteroatoms. The smallest absolute Gasteiger partial charge is 0.0669 e. The van der Waals surface area contributed by atoms with E-state index in [1.54, 1.807) is 0 Å². The maximum Gasteiger partial charge on any atom is 0.0669 e. The summed E-state index contributed by atoms with van der Waals surface area (Å²) < 4.78 is 0. The van der Waals surface area contributed by atoms with Crippen LogP contribution in [0.1, 0.15) is 11.1 Å². The number of benzene rings is 1. The summed E-state index contributed by atoms with van der Waals surface area (Å²) in [5.74, 6) is 0. The molecule has 0 N–H and O–H groups in total. The minimum absolute atomic E-state index is 0.473. The highest BCUT2D eigenvalue weighted by Crippen LogP contribution is 2.14. The predicted octanol–water partition coefficient (Wildman–Crippen LogP) is 2.83. The second kappa shape index (κ2) is 6.55. The fourth-order valence-electron chi connectivity index (χ4n) is 1.93. The number of anilines is 1. The molecule has 2 aromatic rings. The molecular formula is C16H17N3. The molecule has 0 unspecified atom stereocenters. The maximum atomic E-state index is 8.64. The highest BCUT2D eigenvalue weighted by Gasteiger charge is 2.01. The van der Waals surface area contributed by atoms with E-state index in [1.165, 1.54) is 11.3 Å². The van der Waals surface area contributed by atoms with Crippen LogP contribution in [0, 0.1) is 11.3 Å². The van der Waals surface area contributed by atoms with Crippen LogP contribution in [-0.4, -0.2) is 18.6 Å². The van der Waals surface area contributed by atoms with Gasteiger partial charge in [0.2, 0.25) is 0 Å². The first-order chi connectivity index (χ1) is 9.29. The molecule has 3 nitrogen and oxygen atoms in total. The van der Waals surface area contributed by atoms with E-state index in [1.807, 2.05) is 36.7 Å². The predicted molar refractivity (Wildman–Crippen MR) is 77.0 cm³/mol. The summed E-state index contributed by atoms with van der Waals surface area (Å²) in [6.07, 6.45) is 5.12. The molecule has 1 heterocycles. The van der Waals surface area contributed by atoms with E-state index >= 15 is 0 Å². The van der Waals surface area contributed by atoms with E-state index in [9.17, 15) is 0 Å². The summed E-state index contributed by atoms with van der Waals surface area (Å²) in [4.78, 5) is 6.24. The summed E-state index contributed by atoms with van der Waals surface area (Å²) >= 11 is 0. The molecule has 0 aliphatic rings. The van der Waals surface area contributed by atoms with Crippen LogP contribution >= 0.6 is 0 Å². The van der Waals surface area contributed by atoms with Crippen LogP contribution in [0.25, 0.3) is 0 Å². The summed E-state index contributed by atoms with van der Waals surface area (Å²) in [6, 6.07) is 14.4. The summed E-state index contributed by atoms with van der Waals surface area (Å²) in [5.41, 5.74) is 3.53. The lowest BCUT2D eigenvalue weighted by atomic mass is 10.1. The molecule has 1 aromatic heterocycles. The first-order valence-electron chi connectivity index (χ1n) is 6.35. The normalized spacial score (nSPS) is 9.89. The molecule has 0 bridgehead atoms. The molecule has 0 aliphatic carbocycles. The Labute approximate surface area is 114 Å². The molecule has 0 aliphatic heterocycles. The van der Waals surface area contributed by atoms with Crippen LogP contribution in [0.4, 0.5) is 5.69 Å². The maximum absolute atomic E-state index is 8.64. The minimum atomic E-state index is 0.473. The lowest BCUT2D eigenvalue weighted by molar-refractivity contribution is 0.874. The van der Waals surface area contributed by atoms with Crippen molar-refractivity contribution in [1.82, 2.24) is 4.98 Å². The number of hydrogen-bond acceptors (Lipinski definition) is 3. The van der Waals surface area contributed by atoms with Crippen molar-refractivity contribution in [2.45, 2.75) is 12.8 Å². The van der Waals surface area contributed by atoms with Crippen molar-refractivity contribution in [3.63, 3.8) is 0 Å². The molecule has 0 atom stereocenters. The van der Waals surface area contributed by atoms with Crippen molar-refractivity contribution in [2.75, 3.05) is 18.5 Å². The highest BCUT2D eigenvalue weighted by atomic mass is 15.1. The number of nitriles is 1. The van der Waals surface area contributed by atoms with Gasteiger partial charge < -0.3 is 4.90 Å².